The van der Waals surface area contributed by atoms with Crippen LogP contribution in [0.4, 0.5) is 0 Å². The maximum atomic E-state index is 12.6. The maximum absolute atomic E-state index is 12.6. The summed E-state index contributed by atoms with van der Waals surface area (Å²) in [6.07, 6.45) is 0. The Balaban J connectivity index is 3.59. The number of aryl methyl sites for hydroxylation is 2. The van der Waals surface area contributed by atoms with Gasteiger partial charge in [-0.25, -0.2) is 0 Å². The van der Waals surface area contributed by atoms with Gasteiger partial charge in [0.2, 0.25) is 11.8 Å². The molecule has 10 heteroatoms. The van der Waals surface area contributed by atoms with Crippen LogP contribution in [0.2, 0.25) is 0 Å². The van der Waals surface area contributed by atoms with Gasteiger partial charge in [-0.1, -0.05) is 5.16 Å². The molecule has 1 heterocycles. The highest BCUT2D eigenvalue weighted by atomic mass is 32.2. The molecule has 3 amide bonds. The van der Waals surface area contributed by atoms with Crippen LogP contribution in [0.5, 0.6) is 0 Å². The molecule has 9 nitrogen and oxygen atoms in total. The van der Waals surface area contributed by atoms with Crippen molar-refractivity contribution in [3.63, 3.8) is 0 Å². The predicted molar refractivity (Wildman–Crippen MR) is 68.9 cm³/mol. The molecule has 0 N–H and O–H groups in total. The molecule has 0 spiro atoms. The van der Waals surface area contributed by atoms with Crippen molar-refractivity contribution in [1.82, 2.24) is 14.6 Å². The van der Waals surface area contributed by atoms with Crippen molar-refractivity contribution in [2.45, 2.75) is 39.5 Å². The van der Waals surface area contributed by atoms with Gasteiger partial charge in [-0.3, -0.25) is 14.4 Å². The van der Waals surface area contributed by atoms with E-state index in [0.29, 0.717) is 0 Å². The Bertz CT molecular complexity index is 672. The van der Waals surface area contributed by atoms with Crippen LogP contribution in [0.25, 0.3) is 0 Å². The molecule has 21 heavy (non-hydrogen) atoms. The number of hydrazine groups is 1. The van der Waals surface area contributed by atoms with Crippen molar-refractivity contribution >= 4 is 27.7 Å². The highest BCUT2D eigenvalue weighted by molar-refractivity contribution is 7.89. The lowest BCUT2D eigenvalue weighted by Gasteiger charge is -2.29. The van der Waals surface area contributed by atoms with Crippen LogP contribution in [-0.2, 0) is 24.4 Å². The Morgan fingerprint density at radius 2 is 1.48 bits per heavy atom. The summed E-state index contributed by atoms with van der Waals surface area (Å²) in [6.45, 7) is 5.58. The Hall–Kier alpha value is -2.23. The average Bonchev–Trinajstić information content (AvgIpc) is 2.64. The van der Waals surface area contributed by atoms with E-state index in [9.17, 15) is 22.8 Å². The molecule has 1 rings (SSSR count). The summed E-state index contributed by atoms with van der Waals surface area (Å²) >= 11 is 0. The first-order chi connectivity index (χ1) is 9.51. The van der Waals surface area contributed by atoms with Crippen LogP contribution in [0.15, 0.2) is 9.42 Å². The van der Waals surface area contributed by atoms with Crippen molar-refractivity contribution in [3.05, 3.63) is 11.5 Å². The van der Waals surface area contributed by atoms with Crippen molar-refractivity contribution in [2.24, 2.45) is 0 Å². The number of nitrogens with zero attached hydrogens (tertiary/aromatic N) is 3. The largest absolute Gasteiger partial charge is 0.360 e. The van der Waals surface area contributed by atoms with E-state index in [-0.39, 0.29) is 25.8 Å². The molecule has 116 valence electrons. The smallest absolute Gasteiger partial charge is 0.290 e. The Morgan fingerprint density at radius 3 is 1.76 bits per heavy atom. The quantitative estimate of drug-likeness (QED) is 0.712. The molecule has 0 atom stereocenters. The standard InChI is InChI=1S/C11H15N3O6S/c1-6-11(7(2)20-12-6)21(18,19)14(10(5)17)13(8(3)15)9(4)16/h1-5H3. The van der Waals surface area contributed by atoms with Gasteiger partial charge in [0, 0.05) is 20.8 Å². The van der Waals surface area contributed by atoms with E-state index in [1.165, 1.54) is 13.8 Å². The summed E-state index contributed by atoms with van der Waals surface area (Å²) in [5, 5.41) is 3.75. The van der Waals surface area contributed by atoms with Gasteiger partial charge in [0.05, 0.1) is 0 Å². The zero-order valence-corrected chi connectivity index (χ0v) is 13.0. The van der Waals surface area contributed by atoms with Gasteiger partial charge in [-0.2, -0.15) is 13.4 Å². The lowest BCUT2D eigenvalue weighted by atomic mass is 10.4. The fourth-order valence-corrected chi connectivity index (χ4v) is 3.59. The van der Waals surface area contributed by atoms with E-state index in [4.69, 9.17) is 4.52 Å². The van der Waals surface area contributed by atoms with Crippen molar-refractivity contribution in [3.8, 4) is 0 Å². The topological polar surface area (TPSA) is 118 Å². The number of carbonyl (C=O) groups is 3. The number of hydrogen-bond donors (Lipinski definition) is 0. The van der Waals surface area contributed by atoms with Gasteiger partial charge in [0.1, 0.15) is 5.69 Å². The Morgan fingerprint density at radius 1 is 1.00 bits per heavy atom. The molecule has 1 aromatic rings. The van der Waals surface area contributed by atoms with Gasteiger partial charge in [-0.05, 0) is 13.8 Å². The molecule has 0 aliphatic carbocycles. The molecule has 0 saturated carbocycles. The second-order valence-electron chi connectivity index (χ2n) is 4.27. The van der Waals surface area contributed by atoms with Gasteiger partial charge < -0.3 is 4.52 Å². The monoisotopic (exact) mass is 317 g/mol. The SMILES string of the molecule is CC(=O)N(C(C)=O)N(C(C)=O)S(=O)(=O)c1c(C)noc1C. The number of sulfonamides is 1. The highest BCUT2D eigenvalue weighted by Crippen LogP contribution is 2.25. The molecule has 0 aliphatic rings. The van der Waals surface area contributed by atoms with Crippen molar-refractivity contribution < 1.29 is 27.3 Å². The summed E-state index contributed by atoms with van der Waals surface area (Å²) in [5.41, 5.74) is 0.0193. The molecule has 0 unspecified atom stereocenters. The number of amides is 3. The fourth-order valence-electron chi connectivity index (χ4n) is 1.82. The molecule has 0 aliphatic heterocycles. The third-order valence-corrected chi connectivity index (χ3v) is 4.48. The predicted octanol–water partition coefficient (Wildman–Crippen LogP) is 0.139. The van der Waals surface area contributed by atoms with Crippen LogP contribution >= 0.6 is 0 Å². The Kier molecular flexibility index (Phi) is 4.52. The van der Waals surface area contributed by atoms with Gasteiger partial charge in [0.15, 0.2) is 10.7 Å². The van der Waals surface area contributed by atoms with Gasteiger partial charge >= 0.3 is 0 Å². The summed E-state index contributed by atoms with van der Waals surface area (Å²) in [5.74, 6) is -2.88. The third kappa shape index (κ3) is 2.94. The van der Waals surface area contributed by atoms with Crippen molar-refractivity contribution in [1.29, 1.82) is 0 Å². The normalized spacial score (nSPS) is 11.1. The average molecular weight is 317 g/mol. The van der Waals surface area contributed by atoms with E-state index < -0.39 is 27.7 Å². The first kappa shape index (κ1) is 16.8. The lowest BCUT2D eigenvalue weighted by Crippen LogP contribution is -2.53. The van der Waals surface area contributed by atoms with E-state index in [1.54, 1.807) is 0 Å². The number of carbonyl (C=O) groups excluding carboxylic acids is 3. The Labute approximate surface area is 121 Å². The summed E-state index contributed by atoms with van der Waals surface area (Å²) in [4.78, 5) is 34.4. The van der Waals surface area contributed by atoms with Gasteiger partial charge in [0.25, 0.3) is 15.9 Å². The van der Waals surface area contributed by atoms with E-state index in [0.717, 1.165) is 20.8 Å². The lowest BCUT2D eigenvalue weighted by molar-refractivity contribution is -0.161. The summed E-state index contributed by atoms with van der Waals surface area (Å²) < 4.78 is 30.0. The second kappa shape index (κ2) is 5.64. The minimum absolute atomic E-state index is 0.0193. The molecule has 1 aromatic heterocycles. The highest BCUT2D eigenvalue weighted by Gasteiger charge is 2.40. The van der Waals surface area contributed by atoms with E-state index >= 15 is 0 Å². The zero-order chi connectivity index (χ0) is 16.5. The molecular weight excluding hydrogens is 302 g/mol. The van der Waals surface area contributed by atoms with Crippen LogP contribution in [0, 0.1) is 13.8 Å². The van der Waals surface area contributed by atoms with E-state index in [1.807, 2.05) is 0 Å². The number of hydrogen-bond acceptors (Lipinski definition) is 7. The molecule has 0 saturated heterocycles. The first-order valence-corrected chi connectivity index (χ1v) is 7.25. The first-order valence-electron chi connectivity index (χ1n) is 5.81. The molecule has 0 fully saturated rings. The van der Waals surface area contributed by atoms with Crippen LogP contribution in [0.1, 0.15) is 32.2 Å². The van der Waals surface area contributed by atoms with Gasteiger partial charge in [-0.15, -0.1) is 4.41 Å². The zero-order valence-electron chi connectivity index (χ0n) is 12.2. The van der Waals surface area contributed by atoms with Crippen LogP contribution in [0.3, 0.4) is 0 Å². The molecule has 0 bridgehead atoms. The molecule has 0 radical (unpaired) electrons. The van der Waals surface area contributed by atoms with E-state index in [2.05, 4.69) is 5.16 Å². The third-order valence-electron chi connectivity index (χ3n) is 2.50. The second-order valence-corrected chi connectivity index (χ2v) is 5.97. The molecular formula is C11H15N3O6S. The minimum atomic E-state index is -4.50. The minimum Gasteiger partial charge on any atom is -0.360 e. The number of rotatable bonds is 2. The number of aromatic nitrogens is 1. The summed E-state index contributed by atoms with van der Waals surface area (Å²) in [7, 11) is -4.50. The van der Waals surface area contributed by atoms with Crippen LogP contribution in [-0.4, -0.2) is 40.7 Å². The van der Waals surface area contributed by atoms with Crippen molar-refractivity contribution in [2.75, 3.05) is 0 Å². The summed E-state index contributed by atoms with van der Waals surface area (Å²) in [6, 6.07) is 0. The fraction of sp³-hybridized carbons (Fsp3) is 0.455. The number of imide groups is 1. The maximum Gasteiger partial charge on any atom is 0.290 e. The molecule has 0 aromatic carbocycles. The van der Waals surface area contributed by atoms with Crippen LogP contribution < -0.4 is 0 Å².